The molecule has 144 valence electrons. The number of rotatable bonds is 5. The van der Waals surface area contributed by atoms with E-state index in [0.29, 0.717) is 12.0 Å². The number of anilines is 1. The lowest BCUT2D eigenvalue weighted by Crippen LogP contribution is -2.64. The van der Waals surface area contributed by atoms with Crippen molar-refractivity contribution in [2.45, 2.75) is 64.3 Å². The number of likely N-dealkylation sites (tertiary alicyclic amines) is 1. The molecule has 1 aliphatic carbocycles. The van der Waals surface area contributed by atoms with Gasteiger partial charge in [-0.3, -0.25) is 0 Å². The molecule has 26 heavy (non-hydrogen) atoms. The van der Waals surface area contributed by atoms with E-state index in [0.717, 1.165) is 50.5 Å². The first-order valence-corrected chi connectivity index (χ1v) is 10.2. The van der Waals surface area contributed by atoms with Gasteiger partial charge in [0.05, 0.1) is 6.10 Å². The third-order valence-corrected chi connectivity index (χ3v) is 6.65. The van der Waals surface area contributed by atoms with E-state index in [1.54, 1.807) is 0 Å². The van der Waals surface area contributed by atoms with Gasteiger partial charge in [-0.2, -0.15) is 0 Å². The molecule has 0 bridgehead atoms. The molecule has 2 saturated heterocycles. The maximum atomic E-state index is 10.6. The fourth-order valence-electron chi connectivity index (χ4n) is 5.82. The monoisotopic (exact) mass is 359 g/mol. The van der Waals surface area contributed by atoms with Gasteiger partial charge in [-0.1, -0.05) is 13.8 Å². The first-order chi connectivity index (χ1) is 12.5. The van der Waals surface area contributed by atoms with Gasteiger partial charge in [0.25, 0.3) is 0 Å². The molecule has 2 N–H and O–H groups in total. The zero-order valence-electron chi connectivity index (χ0n) is 16.4. The van der Waals surface area contributed by atoms with Crippen molar-refractivity contribution in [1.29, 1.82) is 0 Å². The molecule has 6 nitrogen and oxygen atoms in total. The summed E-state index contributed by atoms with van der Waals surface area (Å²) in [6.45, 7) is 8.57. The van der Waals surface area contributed by atoms with E-state index in [1.165, 1.54) is 12.8 Å². The molecule has 0 radical (unpaired) electrons. The first-order valence-electron chi connectivity index (χ1n) is 10.2. The van der Waals surface area contributed by atoms with Gasteiger partial charge in [0.1, 0.15) is 0 Å². The van der Waals surface area contributed by atoms with E-state index in [1.807, 2.05) is 12.4 Å². The second-order valence-corrected chi connectivity index (χ2v) is 9.01. The molecule has 3 heterocycles. The Hall–Kier alpha value is -1.24. The molecule has 1 spiro atoms. The van der Waals surface area contributed by atoms with Crippen molar-refractivity contribution in [2.24, 2.45) is 11.3 Å². The van der Waals surface area contributed by atoms with Crippen LogP contribution in [0.3, 0.4) is 0 Å². The van der Waals surface area contributed by atoms with Gasteiger partial charge in [0.2, 0.25) is 5.95 Å². The summed E-state index contributed by atoms with van der Waals surface area (Å²) in [6.07, 6.45) is 8.06. The van der Waals surface area contributed by atoms with Crippen LogP contribution in [0.1, 0.15) is 45.1 Å². The third-order valence-electron chi connectivity index (χ3n) is 6.65. The fourth-order valence-corrected chi connectivity index (χ4v) is 5.82. The number of aromatic nitrogens is 2. The average molecular weight is 360 g/mol. The predicted molar refractivity (Wildman–Crippen MR) is 103 cm³/mol. The molecule has 2 unspecified atom stereocenters. The lowest BCUT2D eigenvalue weighted by atomic mass is 9.66. The lowest BCUT2D eigenvalue weighted by molar-refractivity contribution is -0.0828. The topological polar surface area (TPSA) is 64.5 Å². The van der Waals surface area contributed by atoms with Crippen LogP contribution in [0.4, 0.5) is 5.95 Å². The standard InChI is InChI=1S/C20H33N5O/c1-14(2)18-20(13-24(18)3)8-16(17(26)9-20)21-10-15-11-22-19(23-12-15)25-6-4-5-7-25/h11-12,14,16-18,21,26H,4-10,13H2,1-3H3/t16-,17-,18?,20?/m1/s1. The van der Waals surface area contributed by atoms with Gasteiger partial charge in [-0.25, -0.2) is 9.97 Å². The van der Waals surface area contributed by atoms with Crippen LogP contribution in [0.2, 0.25) is 0 Å². The molecule has 6 heteroatoms. The average Bonchev–Trinajstić information content (AvgIpc) is 3.22. The Bertz CT molecular complexity index is 610. The summed E-state index contributed by atoms with van der Waals surface area (Å²) >= 11 is 0. The second kappa shape index (κ2) is 7.06. The van der Waals surface area contributed by atoms with Crippen LogP contribution in [-0.2, 0) is 6.54 Å². The molecule has 1 saturated carbocycles. The van der Waals surface area contributed by atoms with Gasteiger partial charge in [0.15, 0.2) is 0 Å². The molecule has 4 rings (SSSR count). The number of aliphatic hydroxyl groups is 1. The van der Waals surface area contributed by atoms with Crippen molar-refractivity contribution in [3.63, 3.8) is 0 Å². The molecule has 3 fully saturated rings. The first kappa shape index (κ1) is 18.1. The third kappa shape index (κ3) is 3.23. The minimum absolute atomic E-state index is 0.170. The Morgan fingerprint density at radius 1 is 1.23 bits per heavy atom. The summed E-state index contributed by atoms with van der Waals surface area (Å²) in [4.78, 5) is 13.8. The zero-order valence-corrected chi connectivity index (χ0v) is 16.4. The Morgan fingerprint density at radius 3 is 2.54 bits per heavy atom. The van der Waals surface area contributed by atoms with Crippen molar-refractivity contribution in [3.8, 4) is 0 Å². The van der Waals surface area contributed by atoms with E-state index in [-0.39, 0.29) is 17.6 Å². The molecule has 0 amide bonds. The van der Waals surface area contributed by atoms with Crippen molar-refractivity contribution in [1.82, 2.24) is 20.2 Å². The minimum atomic E-state index is -0.255. The van der Waals surface area contributed by atoms with Gasteiger partial charge in [-0.05, 0) is 38.6 Å². The van der Waals surface area contributed by atoms with E-state index in [4.69, 9.17) is 0 Å². The molecule has 1 aromatic rings. The maximum Gasteiger partial charge on any atom is 0.225 e. The van der Waals surface area contributed by atoms with Crippen LogP contribution >= 0.6 is 0 Å². The SMILES string of the molecule is CC(C)C1N(C)CC12C[C@@H](O)[C@H](NCc1cnc(N3CCCC3)nc1)C2. The van der Waals surface area contributed by atoms with Crippen LogP contribution in [0.25, 0.3) is 0 Å². The van der Waals surface area contributed by atoms with Crippen LogP contribution in [0.5, 0.6) is 0 Å². The zero-order chi connectivity index (χ0) is 18.3. The van der Waals surface area contributed by atoms with Gasteiger partial charge < -0.3 is 20.2 Å². The molecule has 4 atom stereocenters. The van der Waals surface area contributed by atoms with E-state index < -0.39 is 0 Å². The predicted octanol–water partition coefficient (Wildman–Crippen LogP) is 1.65. The number of nitrogens with zero attached hydrogens (tertiary/aromatic N) is 4. The Morgan fingerprint density at radius 2 is 1.92 bits per heavy atom. The molecule has 0 aromatic carbocycles. The quantitative estimate of drug-likeness (QED) is 0.833. The number of hydrogen-bond donors (Lipinski definition) is 2. The molecular weight excluding hydrogens is 326 g/mol. The fraction of sp³-hybridized carbons (Fsp3) is 0.800. The number of hydrogen-bond acceptors (Lipinski definition) is 6. The van der Waals surface area contributed by atoms with Crippen LogP contribution in [0, 0.1) is 11.3 Å². The molecule has 1 aromatic heterocycles. The normalized spacial score (nSPS) is 34.8. The summed E-state index contributed by atoms with van der Waals surface area (Å²) in [5, 5.41) is 14.2. The van der Waals surface area contributed by atoms with Crippen molar-refractivity contribution in [3.05, 3.63) is 18.0 Å². The highest BCUT2D eigenvalue weighted by atomic mass is 16.3. The molecular formula is C20H33N5O. The minimum Gasteiger partial charge on any atom is -0.391 e. The van der Waals surface area contributed by atoms with Crippen molar-refractivity contribution < 1.29 is 5.11 Å². The number of aliphatic hydroxyl groups excluding tert-OH is 1. The smallest absolute Gasteiger partial charge is 0.225 e. The summed E-state index contributed by atoms with van der Waals surface area (Å²) in [6, 6.07) is 0.759. The summed E-state index contributed by atoms with van der Waals surface area (Å²) in [5.41, 5.74) is 1.38. The van der Waals surface area contributed by atoms with E-state index in [9.17, 15) is 5.11 Å². The largest absolute Gasteiger partial charge is 0.391 e. The van der Waals surface area contributed by atoms with E-state index in [2.05, 4.69) is 46.0 Å². The van der Waals surface area contributed by atoms with Crippen molar-refractivity contribution >= 4 is 5.95 Å². The van der Waals surface area contributed by atoms with Gasteiger partial charge in [-0.15, -0.1) is 0 Å². The summed E-state index contributed by atoms with van der Waals surface area (Å²) < 4.78 is 0. The Balaban J connectivity index is 1.33. The van der Waals surface area contributed by atoms with Gasteiger partial charge >= 0.3 is 0 Å². The molecule has 3 aliphatic rings. The van der Waals surface area contributed by atoms with Crippen molar-refractivity contribution in [2.75, 3.05) is 31.6 Å². The Kier molecular flexibility index (Phi) is 4.92. The second-order valence-electron chi connectivity index (χ2n) is 9.01. The summed E-state index contributed by atoms with van der Waals surface area (Å²) in [7, 11) is 2.21. The highest BCUT2D eigenvalue weighted by Crippen LogP contribution is 2.52. The number of nitrogens with one attached hydrogen (secondary N) is 1. The maximum absolute atomic E-state index is 10.6. The highest BCUT2D eigenvalue weighted by Gasteiger charge is 2.57. The van der Waals surface area contributed by atoms with Crippen LogP contribution in [0.15, 0.2) is 12.4 Å². The lowest BCUT2D eigenvalue weighted by Gasteiger charge is -2.57. The van der Waals surface area contributed by atoms with Crippen LogP contribution < -0.4 is 10.2 Å². The Labute approximate surface area is 157 Å². The van der Waals surface area contributed by atoms with Gasteiger partial charge in [0, 0.05) is 61.6 Å². The molecule has 2 aliphatic heterocycles. The van der Waals surface area contributed by atoms with Crippen LogP contribution in [-0.4, -0.2) is 64.8 Å². The van der Waals surface area contributed by atoms with E-state index >= 15 is 0 Å². The summed E-state index contributed by atoms with van der Waals surface area (Å²) in [5.74, 6) is 1.48. The highest BCUT2D eigenvalue weighted by molar-refractivity contribution is 5.31.